The van der Waals surface area contributed by atoms with E-state index in [1.165, 1.54) is 6.07 Å². The Morgan fingerprint density at radius 3 is 2.21 bits per heavy atom. The van der Waals surface area contributed by atoms with Crippen LogP contribution in [0.25, 0.3) is 0 Å². The second-order valence-corrected chi connectivity index (χ2v) is 7.39. The van der Waals surface area contributed by atoms with E-state index >= 15 is 0 Å². The van der Waals surface area contributed by atoms with Crippen LogP contribution in [0, 0.1) is 0 Å². The first-order valence-corrected chi connectivity index (χ1v) is 9.35. The molecule has 1 amide bonds. The molecule has 1 aliphatic rings. The predicted molar refractivity (Wildman–Crippen MR) is 107 cm³/mol. The summed E-state index contributed by atoms with van der Waals surface area (Å²) < 4.78 is 39.8. The van der Waals surface area contributed by atoms with E-state index in [0.29, 0.717) is 36.5 Å². The molecule has 0 aliphatic carbocycles. The Bertz CT molecular complexity index is 800. The van der Waals surface area contributed by atoms with E-state index in [4.69, 9.17) is 11.6 Å². The number of halogens is 5. The maximum atomic E-state index is 13.3. The van der Waals surface area contributed by atoms with Gasteiger partial charge in [-0.1, -0.05) is 41.9 Å². The van der Waals surface area contributed by atoms with Crippen LogP contribution in [0.4, 0.5) is 13.2 Å². The number of carbonyl (C=O) groups excluding carboxylic acids is 1. The third-order valence-electron chi connectivity index (χ3n) is 5.25. The minimum atomic E-state index is -4.35. The third kappa shape index (κ3) is 5.00. The van der Waals surface area contributed by atoms with Crippen LogP contribution < -0.4 is 0 Å². The summed E-state index contributed by atoms with van der Waals surface area (Å²) in [5.41, 5.74) is 0.654. The van der Waals surface area contributed by atoms with Crippen LogP contribution in [0.5, 0.6) is 0 Å². The number of rotatable bonds is 3. The molecule has 2 aromatic rings. The van der Waals surface area contributed by atoms with Crippen molar-refractivity contribution in [3.05, 3.63) is 70.2 Å². The van der Waals surface area contributed by atoms with Gasteiger partial charge in [-0.15, -0.1) is 12.4 Å². The quantitative estimate of drug-likeness (QED) is 0.558. The van der Waals surface area contributed by atoms with E-state index in [1.807, 2.05) is 19.1 Å². The smallest absolute Gasteiger partial charge is 0.342 e. The minimum absolute atomic E-state index is 0. The molecule has 1 heterocycles. The molecule has 28 heavy (non-hydrogen) atoms. The first kappa shape index (κ1) is 22.6. The summed E-state index contributed by atoms with van der Waals surface area (Å²) in [5, 5.41) is 0.613. The van der Waals surface area contributed by atoms with Gasteiger partial charge in [-0.2, -0.15) is 13.2 Å². The van der Waals surface area contributed by atoms with Crippen molar-refractivity contribution in [3.8, 4) is 0 Å². The van der Waals surface area contributed by atoms with Gasteiger partial charge in [-0.25, -0.2) is 0 Å². The number of hydrogen-bond donors (Lipinski definition) is 0. The molecule has 0 spiro atoms. The van der Waals surface area contributed by atoms with Crippen LogP contribution in [0.3, 0.4) is 0 Å². The molecule has 1 unspecified atom stereocenters. The number of piperidine rings is 1. The average Bonchev–Trinajstić information content (AvgIpc) is 2.67. The van der Waals surface area contributed by atoms with Gasteiger partial charge >= 0.3 is 6.18 Å². The van der Waals surface area contributed by atoms with Crippen molar-refractivity contribution >= 4 is 29.9 Å². The standard InChI is InChI=1S/C21H21ClF3NO.ClH/c1-14(15-6-8-17(22)9-7-15)20(27)26-12-10-16(11-13-26)18-4-2-3-5-19(18)21(23,24)25;/h2-9,14,16H,10-13H2,1H3;1H. The molecule has 3 rings (SSSR count). The number of alkyl halides is 3. The van der Waals surface area contributed by atoms with E-state index in [9.17, 15) is 18.0 Å². The Labute approximate surface area is 174 Å². The molecule has 0 aromatic heterocycles. The van der Waals surface area contributed by atoms with Gasteiger partial charge in [0.25, 0.3) is 0 Å². The van der Waals surface area contributed by atoms with E-state index < -0.39 is 11.7 Å². The number of hydrogen-bond acceptors (Lipinski definition) is 1. The van der Waals surface area contributed by atoms with E-state index in [1.54, 1.807) is 29.2 Å². The minimum Gasteiger partial charge on any atom is -0.342 e. The van der Waals surface area contributed by atoms with Crippen LogP contribution in [-0.4, -0.2) is 23.9 Å². The monoisotopic (exact) mass is 431 g/mol. The Morgan fingerprint density at radius 2 is 1.64 bits per heavy atom. The molecule has 1 aliphatic heterocycles. The number of likely N-dealkylation sites (tertiary alicyclic amines) is 1. The normalized spacial score (nSPS) is 16.4. The van der Waals surface area contributed by atoms with Gasteiger partial charge in [0.05, 0.1) is 11.5 Å². The highest BCUT2D eigenvalue weighted by Gasteiger charge is 2.36. The van der Waals surface area contributed by atoms with Crippen molar-refractivity contribution in [3.63, 3.8) is 0 Å². The molecule has 2 aromatic carbocycles. The SMILES string of the molecule is CC(C(=O)N1CCC(c2ccccc2C(F)(F)F)CC1)c1ccc(Cl)cc1.Cl. The number of carbonyl (C=O) groups is 1. The van der Waals surface area contributed by atoms with Gasteiger partial charge in [0.1, 0.15) is 0 Å². The molecule has 0 N–H and O–H groups in total. The van der Waals surface area contributed by atoms with Crippen molar-refractivity contribution in [2.75, 3.05) is 13.1 Å². The van der Waals surface area contributed by atoms with E-state index in [-0.39, 0.29) is 30.2 Å². The second-order valence-electron chi connectivity index (χ2n) is 6.96. The first-order chi connectivity index (χ1) is 12.8. The van der Waals surface area contributed by atoms with Crippen LogP contribution in [0.1, 0.15) is 48.3 Å². The van der Waals surface area contributed by atoms with Gasteiger partial charge in [-0.05, 0) is 55.0 Å². The summed E-state index contributed by atoms with van der Waals surface area (Å²) >= 11 is 5.89. The molecule has 1 fully saturated rings. The summed E-state index contributed by atoms with van der Waals surface area (Å²) in [6.07, 6.45) is -3.29. The Morgan fingerprint density at radius 1 is 1.07 bits per heavy atom. The molecular weight excluding hydrogens is 410 g/mol. The van der Waals surface area contributed by atoms with Crippen molar-refractivity contribution in [2.45, 2.75) is 37.8 Å². The van der Waals surface area contributed by atoms with Gasteiger partial charge in [0.15, 0.2) is 0 Å². The van der Waals surface area contributed by atoms with E-state index in [2.05, 4.69) is 0 Å². The number of benzene rings is 2. The lowest BCUT2D eigenvalue weighted by molar-refractivity contribution is -0.139. The highest BCUT2D eigenvalue weighted by Crippen LogP contribution is 2.39. The van der Waals surface area contributed by atoms with Gasteiger partial charge in [0, 0.05) is 18.1 Å². The first-order valence-electron chi connectivity index (χ1n) is 8.97. The largest absolute Gasteiger partial charge is 0.416 e. The Balaban J connectivity index is 0.00000280. The number of nitrogens with zero attached hydrogens (tertiary/aromatic N) is 1. The summed E-state index contributed by atoms with van der Waals surface area (Å²) in [6, 6.07) is 12.9. The summed E-state index contributed by atoms with van der Waals surface area (Å²) in [4.78, 5) is 14.5. The lowest BCUT2D eigenvalue weighted by Gasteiger charge is -2.34. The van der Waals surface area contributed by atoms with Crippen molar-refractivity contribution in [1.29, 1.82) is 0 Å². The van der Waals surface area contributed by atoms with Crippen LogP contribution >= 0.6 is 24.0 Å². The fourth-order valence-corrected chi connectivity index (χ4v) is 3.82. The predicted octanol–water partition coefficient (Wildman–Crippen LogP) is 6.29. The molecule has 1 atom stereocenters. The van der Waals surface area contributed by atoms with Crippen LogP contribution in [0.15, 0.2) is 48.5 Å². The zero-order chi connectivity index (χ0) is 19.6. The summed E-state index contributed by atoms with van der Waals surface area (Å²) in [6.45, 7) is 2.78. The van der Waals surface area contributed by atoms with Gasteiger partial charge < -0.3 is 4.90 Å². The number of amides is 1. The molecule has 152 valence electrons. The molecule has 0 radical (unpaired) electrons. The molecular formula is C21H22Cl2F3NO. The lowest BCUT2D eigenvalue weighted by Crippen LogP contribution is -2.40. The second kappa shape index (κ2) is 9.19. The summed E-state index contributed by atoms with van der Waals surface area (Å²) in [7, 11) is 0. The van der Waals surface area contributed by atoms with Crippen molar-refractivity contribution in [1.82, 2.24) is 4.90 Å². The maximum Gasteiger partial charge on any atom is 0.416 e. The van der Waals surface area contributed by atoms with Crippen LogP contribution in [0.2, 0.25) is 5.02 Å². The van der Waals surface area contributed by atoms with Crippen molar-refractivity contribution in [2.24, 2.45) is 0 Å². The zero-order valence-electron chi connectivity index (χ0n) is 15.4. The summed E-state index contributed by atoms with van der Waals surface area (Å²) in [5.74, 6) is -0.487. The highest BCUT2D eigenvalue weighted by molar-refractivity contribution is 6.30. The third-order valence-corrected chi connectivity index (χ3v) is 5.51. The topological polar surface area (TPSA) is 20.3 Å². The molecule has 0 bridgehead atoms. The average molecular weight is 432 g/mol. The van der Waals surface area contributed by atoms with Crippen molar-refractivity contribution < 1.29 is 18.0 Å². The van der Waals surface area contributed by atoms with Crippen LogP contribution in [-0.2, 0) is 11.0 Å². The maximum absolute atomic E-state index is 13.3. The zero-order valence-corrected chi connectivity index (χ0v) is 16.9. The molecule has 0 saturated carbocycles. The molecule has 7 heteroatoms. The Kier molecular flexibility index (Phi) is 7.40. The molecule has 1 saturated heterocycles. The lowest BCUT2D eigenvalue weighted by atomic mass is 9.85. The molecule has 2 nitrogen and oxygen atoms in total. The van der Waals surface area contributed by atoms with E-state index in [0.717, 1.165) is 11.6 Å². The van der Waals surface area contributed by atoms with Gasteiger partial charge in [0.2, 0.25) is 5.91 Å². The Hall–Kier alpha value is -1.72. The van der Waals surface area contributed by atoms with Gasteiger partial charge in [-0.3, -0.25) is 4.79 Å². The fourth-order valence-electron chi connectivity index (χ4n) is 3.69. The highest BCUT2D eigenvalue weighted by atomic mass is 35.5. The fraction of sp³-hybridized carbons (Fsp3) is 0.381.